The molecule has 0 spiro atoms. The minimum atomic E-state index is -1.61. The minimum absolute atomic E-state index is 0.0952. The maximum Gasteiger partial charge on any atom is 0.369 e. The van der Waals surface area contributed by atoms with Gasteiger partial charge in [0.2, 0.25) is 18.0 Å². The summed E-state index contributed by atoms with van der Waals surface area (Å²) >= 11 is 0. The lowest BCUT2D eigenvalue weighted by Gasteiger charge is -2.32. The van der Waals surface area contributed by atoms with Crippen LogP contribution in [0.2, 0.25) is 0 Å². The van der Waals surface area contributed by atoms with Crippen molar-refractivity contribution < 1.29 is 44.9 Å². The van der Waals surface area contributed by atoms with Gasteiger partial charge >= 0.3 is 11.9 Å². The third-order valence-corrected chi connectivity index (χ3v) is 3.34. The highest BCUT2D eigenvalue weighted by Gasteiger charge is 2.41. The van der Waals surface area contributed by atoms with E-state index in [4.69, 9.17) is 20.1 Å². The molecular weight excluding hydrogens is 312 g/mol. The summed E-state index contributed by atoms with van der Waals surface area (Å²) in [6.45, 7) is -1.77. The molecule has 1 rings (SSSR count). The maximum atomic E-state index is 11.0. The van der Waals surface area contributed by atoms with Gasteiger partial charge in [0.15, 0.2) is 0 Å². The van der Waals surface area contributed by atoms with E-state index in [0.717, 1.165) is 0 Å². The molecule has 10 heteroatoms. The zero-order valence-corrected chi connectivity index (χ0v) is 12.6. The van der Waals surface area contributed by atoms with Crippen molar-refractivity contribution in [2.75, 3.05) is 26.9 Å². The van der Waals surface area contributed by atoms with Crippen LogP contribution in [-0.2, 0) is 14.3 Å². The standard InChI is InChI=1S/C13H20N2O8/c1-23-11-7(14-4-10(18)19)2-13(22,6-17)3-8(11)15-9(5-16)12(20)21/h9,15-17,22H,2-6H2,1H3,(H,18,19)(H,20,21)/p+1. The number of aliphatic carboxylic acids is 2. The zero-order valence-electron chi connectivity index (χ0n) is 12.6. The summed E-state index contributed by atoms with van der Waals surface area (Å²) in [5, 5.41) is 49.1. The molecule has 0 amide bonds. The molecular formula is C13H21N2O8+. The molecule has 0 aromatic carbocycles. The molecule has 7 N–H and O–H groups in total. The van der Waals surface area contributed by atoms with Crippen molar-refractivity contribution in [1.29, 1.82) is 0 Å². The Kier molecular flexibility index (Phi) is 6.49. The Hall–Kier alpha value is -2.17. The fourth-order valence-corrected chi connectivity index (χ4v) is 2.26. The molecule has 2 unspecified atom stereocenters. The second-order valence-corrected chi connectivity index (χ2v) is 5.19. The normalized spacial score (nSPS) is 24.4. The minimum Gasteiger partial charge on any atom is -0.489 e. The van der Waals surface area contributed by atoms with Crippen LogP contribution in [0.1, 0.15) is 12.8 Å². The lowest BCUT2D eigenvalue weighted by atomic mass is 9.85. The van der Waals surface area contributed by atoms with E-state index in [9.17, 15) is 19.8 Å². The van der Waals surface area contributed by atoms with Crippen molar-refractivity contribution in [3.63, 3.8) is 0 Å². The highest BCUT2D eigenvalue weighted by Crippen LogP contribution is 2.29. The number of rotatable bonds is 8. The van der Waals surface area contributed by atoms with E-state index in [1.165, 1.54) is 7.11 Å². The molecule has 23 heavy (non-hydrogen) atoms. The van der Waals surface area contributed by atoms with Gasteiger partial charge in [-0.1, -0.05) is 0 Å². The fourth-order valence-electron chi connectivity index (χ4n) is 2.26. The SMILES string of the molecule is COC1=C(NC(CO)C(=O)O)CC(O)(CO)CC1=[NH+]CC(=O)O. The zero-order chi connectivity index (χ0) is 17.6. The fraction of sp³-hybridized carbons (Fsp3) is 0.615. The first-order valence-corrected chi connectivity index (χ1v) is 6.78. The number of aliphatic hydroxyl groups excluding tert-OH is 2. The Morgan fingerprint density at radius 3 is 2.43 bits per heavy atom. The first-order chi connectivity index (χ1) is 10.8. The van der Waals surface area contributed by atoms with Gasteiger partial charge in [-0.3, -0.25) is 0 Å². The van der Waals surface area contributed by atoms with Crippen molar-refractivity contribution in [1.82, 2.24) is 5.32 Å². The number of methoxy groups -OCH3 is 1. The van der Waals surface area contributed by atoms with Gasteiger partial charge in [-0.15, -0.1) is 0 Å². The van der Waals surface area contributed by atoms with E-state index in [-0.39, 0.29) is 30.0 Å². The van der Waals surface area contributed by atoms with Crippen LogP contribution < -0.4 is 10.3 Å². The summed E-state index contributed by atoms with van der Waals surface area (Å²) in [6.07, 6.45) is -0.239. The van der Waals surface area contributed by atoms with E-state index in [1.807, 2.05) is 0 Å². The van der Waals surface area contributed by atoms with Crippen LogP contribution in [-0.4, -0.2) is 81.7 Å². The van der Waals surface area contributed by atoms with Crippen LogP contribution in [0, 0.1) is 0 Å². The Morgan fingerprint density at radius 2 is 2.00 bits per heavy atom. The smallest absolute Gasteiger partial charge is 0.369 e. The van der Waals surface area contributed by atoms with Gasteiger partial charge in [0, 0.05) is 6.42 Å². The summed E-state index contributed by atoms with van der Waals surface area (Å²) in [5.41, 5.74) is -1.25. The number of carbonyl (C=O) groups is 2. The van der Waals surface area contributed by atoms with E-state index < -0.39 is 43.3 Å². The summed E-state index contributed by atoms with van der Waals surface area (Å²) in [7, 11) is 1.30. The van der Waals surface area contributed by atoms with Crippen LogP contribution in [0.4, 0.5) is 0 Å². The van der Waals surface area contributed by atoms with Gasteiger partial charge in [0.05, 0.1) is 32.4 Å². The maximum absolute atomic E-state index is 11.0. The van der Waals surface area contributed by atoms with E-state index in [0.29, 0.717) is 0 Å². The van der Waals surface area contributed by atoms with Crippen molar-refractivity contribution in [3.05, 3.63) is 11.5 Å². The third-order valence-electron chi connectivity index (χ3n) is 3.34. The van der Waals surface area contributed by atoms with E-state index >= 15 is 0 Å². The number of allylic oxidation sites excluding steroid dienone is 1. The molecule has 0 aliphatic heterocycles. The summed E-state index contributed by atoms with van der Waals surface area (Å²) in [5.74, 6) is -2.31. The number of hydrogen-bond donors (Lipinski definition) is 7. The highest BCUT2D eigenvalue weighted by atomic mass is 16.5. The molecule has 130 valence electrons. The van der Waals surface area contributed by atoms with Crippen LogP contribution in [0.5, 0.6) is 0 Å². The van der Waals surface area contributed by atoms with Crippen molar-refractivity contribution in [2.45, 2.75) is 24.5 Å². The first-order valence-electron chi connectivity index (χ1n) is 6.78. The Bertz CT molecular complexity index is 530. The van der Waals surface area contributed by atoms with Gasteiger partial charge in [0.1, 0.15) is 11.6 Å². The lowest BCUT2D eigenvalue weighted by Crippen LogP contribution is -2.77. The molecule has 0 saturated carbocycles. The number of carboxylic acids is 2. The molecule has 0 saturated heterocycles. The van der Waals surface area contributed by atoms with Crippen LogP contribution in [0.25, 0.3) is 0 Å². The Balaban J connectivity index is 3.24. The molecule has 0 fully saturated rings. The van der Waals surface area contributed by atoms with Crippen molar-refractivity contribution in [2.24, 2.45) is 0 Å². The quantitative estimate of drug-likeness (QED) is 0.234. The summed E-state index contributed by atoms with van der Waals surface area (Å²) in [6, 6.07) is -1.34. The van der Waals surface area contributed by atoms with Crippen LogP contribution in [0.3, 0.4) is 0 Å². The Labute approximate surface area is 131 Å². The number of nitrogens with one attached hydrogen (secondary N) is 2. The molecule has 2 atom stereocenters. The third kappa shape index (κ3) is 4.91. The summed E-state index contributed by atoms with van der Waals surface area (Å²) < 4.78 is 5.17. The topological polar surface area (TPSA) is 171 Å². The predicted octanol–water partition coefficient (Wildman–Crippen LogP) is -4.00. The average Bonchev–Trinajstić information content (AvgIpc) is 2.49. The number of aliphatic hydroxyl groups is 3. The monoisotopic (exact) mass is 333 g/mol. The number of ether oxygens (including phenoxy) is 1. The highest BCUT2D eigenvalue weighted by molar-refractivity contribution is 5.96. The molecule has 0 radical (unpaired) electrons. The molecule has 1 aliphatic rings. The molecule has 0 heterocycles. The lowest BCUT2D eigenvalue weighted by molar-refractivity contribution is -0.449. The number of hydrogen-bond acceptors (Lipinski definition) is 7. The van der Waals surface area contributed by atoms with E-state index in [2.05, 4.69) is 10.3 Å². The van der Waals surface area contributed by atoms with Crippen molar-refractivity contribution in [3.8, 4) is 0 Å². The molecule has 1 aliphatic carbocycles. The van der Waals surface area contributed by atoms with Gasteiger partial charge in [-0.25, -0.2) is 14.6 Å². The summed E-state index contributed by atoms with van der Waals surface area (Å²) in [4.78, 5) is 24.3. The molecule has 10 nitrogen and oxygen atoms in total. The van der Waals surface area contributed by atoms with Crippen LogP contribution in [0.15, 0.2) is 11.5 Å². The van der Waals surface area contributed by atoms with Gasteiger partial charge in [0.25, 0.3) is 0 Å². The van der Waals surface area contributed by atoms with Gasteiger partial charge in [-0.2, -0.15) is 0 Å². The van der Waals surface area contributed by atoms with E-state index in [1.54, 1.807) is 0 Å². The average molecular weight is 333 g/mol. The second kappa shape index (κ2) is 7.90. The van der Waals surface area contributed by atoms with Crippen molar-refractivity contribution >= 4 is 17.7 Å². The first kappa shape index (κ1) is 18.9. The molecule has 0 aromatic rings. The van der Waals surface area contributed by atoms with Crippen LogP contribution >= 0.6 is 0 Å². The predicted molar refractivity (Wildman–Crippen MR) is 75.4 cm³/mol. The second-order valence-electron chi connectivity index (χ2n) is 5.19. The molecule has 0 aromatic heterocycles. The van der Waals surface area contributed by atoms with Gasteiger partial charge in [-0.05, 0) is 0 Å². The molecule has 0 bridgehead atoms. The number of carboxylic acid groups (broad SMARTS) is 2. The largest absolute Gasteiger partial charge is 0.489 e. The van der Waals surface area contributed by atoms with Gasteiger partial charge < -0.3 is 35.6 Å². The Morgan fingerprint density at radius 1 is 1.35 bits per heavy atom.